The summed E-state index contributed by atoms with van der Waals surface area (Å²) in [6, 6.07) is 8.01. The Bertz CT molecular complexity index is 879. The lowest BCUT2D eigenvalue weighted by Gasteiger charge is -2.19. The minimum Gasteiger partial charge on any atom is -0.497 e. The molecule has 25 heavy (non-hydrogen) atoms. The molecule has 1 aromatic carbocycles. The molecule has 0 spiro atoms. The van der Waals surface area contributed by atoms with E-state index in [1.165, 1.54) is 0 Å². The number of hydrogen-bond acceptors (Lipinski definition) is 6. The summed E-state index contributed by atoms with van der Waals surface area (Å²) in [6.45, 7) is 3.30. The molecule has 0 unspecified atom stereocenters. The topological polar surface area (TPSA) is 84.9 Å². The van der Waals surface area contributed by atoms with Crippen LogP contribution < -0.4 is 10.1 Å². The summed E-state index contributed by atoms with van der Waals surface area (Å²) >= 11 is 0. The summed E-state index contributed by atoms with van der Waals surface area (Å²) in [7, 11) is 1.66. The van der Waals surface area contributed by atoms with Crippen molar-refractivity contribution in [1.82, 2.24) is 20.2 Å². The quantitative estimate of drug-likeness (QED) is 0.743. The van der Waals surface area contributed by atoms with Crippen molar-refractivity contribution in [2.45, 2.75) is 25.3 Å². The van der Waals surface area contributed by atoms with Crippen LogP contribution in [0.1, 0.15) is 24.5 Å². The number of H-pyrrole nitrogens is 1. The zero-order chi connectivity index (χ0) is 17.2. The van der Waals surface area contributed by atoms with Crippen LogP contribution in [0.2, 0.25) is 0 Å². The maximum Gasteiger partial charge on any atom is 0.158 e. The van der Waals surface area contributed by atoms with Gasteiger partial charge in [0.2, 0.25) is 0 Å². The van der Waals surface area contributed by atoms with E-state index in [1.807, 2.05) is 24.3 Å². The first kappa shape index (κ1) is 15.8. The van der Waals surface area contributed by atoms with Crippen LogP contribution in [-0.4, -0.2) is 46.5 Å². The SMILES string of the molecule is CCc1nc([C@@H]2COC[C@@H]2Nc2ccnc3cc(OC)ccc23)n[nH]1. The van der Waals surface area contributed by atoms with Crippen molar-refractivity contribution >= 4 is 16.6 Å². The molecular formula is C18H21N5O2. The number of aromatic amines is 1. The number of nitrogens with zero attached hydrogens (tertiary/aromatic N) is 3. The Balaban J connectivity index is 1.61. The first-order valence-electron chi connectivity index (χ1n) is 8.46. The van der Waals surface area contributed by atoms with E-state index in [9.17, 15) is 0 Å². The van der Waals surface area contributed by atoms with Crippen molar-refractivity contribution in [3.05, 3.63) is 42.1 Å². The van der Waals surface area contributed by atoms with Crippen molar-refractivity contribution in [2.75, 3.05) is 25.6 Å². The number of anilines is 1. The summed E-state index contributed by atoms with van der Waals surface area (Å²) in [6.07, 6.45) is 2.65. The van der Waals surface area contributed by atoms with Gasteiger partial charge in [-0.2, -0.15) is 5.10 Å². The maximum atomic E-state index is 5.70. The zero-order valence-corrected chi connectivity index (χ0v) is 14.3. The van der Waals surface area contributed by atoms with Gasteiger partial charge >= 0.3 is 0 Å². The van der Waals surface area contributed by atoms with Gasteiger partial charge in [0.1, 0.15) is 11.6 Å². The number of methoxy groups -OCH3 is 1. The Morgan fingerprint density at radius 1 is 1.32 bits per heavy atom. The van der Waals surface area contributed by atoms with Gasteiger partial charge in [0.25, 0.3) is 0 Å². The molecule has 130 valence electrons. The number of ether oxygens (including phenoxy) is 2. The van der Waals surface area contributed by atoms with Crippen LogP contribution in [0.5, 0.6) is 5.75 Å². The Morgan fingerprint density at radius 2 is 2.24 bits per heavy atom. The minimum absolute atomic E-state index is 0.119. The molecule has 0 saturated carbocycles. The van der Waals surface area contributed by atoms with Crippen LogP contribution >= 0.6 is 0 Å². The smallest absolute Gasteiger partial charge is 0.158 e. The van der Waals surface area contributed by atoms with Crippen molar-refractivity contribution in [3.63, 3.8) is 0 Å². The standard InChI is InChI=1S/C18H21N5O2/c1-3-17-21-18(23-22-17)13-9-25-10-16(13)20-14-6-7-19-15-8-11(24-2)4-5-12(14)15/h4-8,13,16H,3,9-10H2,1-2H3,(H,19,20)(H,21,22,23)/t13-,16+/m1/s1. The molecule has 2 aromatic heterocycles. The van der Waals surface area contributed by atoms with Gasteiger partial charge in [0.15, 0.2) is 5.82 Å². The molecule has 3 aromatic rings. The van der Waals surface area contributed by atoms with Gasteiger partial charge in [-0.1, -0.05) is 6.92 Å². The largest absolute Gasteiger partial charge is 0.497 e. The molecule has 3 heterocycles. The first-order chi connectivity index (χ1) is 12.3. The number of fused-ring (bicyclic) bond motifs is 1. The third kappa shape index (κ3) is 3.02. The molecular weight excluding hydrogens is 318 g/mol. The highest BCUT2D eigenvalue weighted by molar-refractivity contribution is 5.92. The summed E-state index contributed by atoms with van der Waals surface area (Å²) < 4.78 is 11.0. The summed E-state index contributed by atoms with van der Waals surface area (Å²) in [5.74, 6) is 2.64. The fourth-order valence-corrected chi connectivity index (χ4v) is 3.17. The number of rotatable bonds is 5. The van der Waals surface area contributed by atoms with Gasteiger partial charge in [0.05, 0.1) is 37.8 Å². The highest BCUT2D eigenvalue weighted by Crippen LogP contribution is 2.30. The molecule has 2 atom stereocenters. The Morgan fingerprint density at radius 3 is 3.04 bits per heavy atom. The highest BCUT2D eigenvalue weighted by Gasteiger charge is 2.33. The third-order valence-electron chi connectivity index (χ3n) is 4.59. The number of hydrogen-bond donors (Lipinski definition) is 2. The molecule has 0 amide bonds. The van der Waals surface area contributed by atoms with Gasteiger partial charge in [-0.15, -0.1) is 0 Å². The van der Waals surface area contributed by atoms with Crippen molar-refractivity contribution in [2.24, 2.45) is 0 Å². The average Bonchev–Trinajstić information content (AvgIpc) is 3.30. The number of aromatic nitrogens is 4. The molecule has 7 nitrogen and oxygen atoms in total. The van der Waals surface area contributed by atoms with Crippen molar-refractivity contribution in [1.29, 1.82) is 0 Å². The summed E-state index contributed by atoms with van der Waals surface area (Å²) in [5, 5.41) is 12.0. The second-order valence-electron chi connectivity index (χ2n) is 6.13. The molecule has 4 rings (SSSR count). The minimum atomic E-state index is 0.119. The maximum absolute atomic E-state index is 5.70. The van der Waals surface area contributed by atoms with Crippen molar-refractivity contribution < 1.29 is 9.47 Å². The second kappa shape index (κ2) is 6.68. The monoisotopic (exact) mass is 339 g/mol. The fourth-order valence-electron chi connectivity index (χ4n) is 3.17. The van der Waals surface area contributed by atoms with Crippen LogP contribution in [0, 0.1) is 0 Å². The first-order valence-corrected chi connectivity index (χ1v) is 8.46. The lowest BCUT2D eigenvalue weighted by Crippen LogP contribution is -2.27. The van der Waals surface area contributed by atoms with Gasteiger partial charge in [0, 0.05) is 29.8 Å². The predicted molar refractivity (Wildman–Crippen MR) is 95.0 cm³/mol. The molecule has 1 saturated heterocycles. The van der Waals surface area contributed by atoms with E-state index < -0.39 is 0 Å². The van der Waals surface area contributed by atoms with E-state index in [0.717, 1.165) is 40.4 Å². The molecule has 0 bridgehead atoms. The summed E-state index contributed by atoms with van der Waals surface area (Å²) in [4.78, 5) is 9.01. The van der Waals surface area contributed by atoms with Crippen LogP contribution in [0.25, 0.3) is 10.9 Å². The van der Waals surface area contributed by atoms with Crippen LogP contribution in [0.4, 0.5) is 5.69 Å². The molecule has 1 fully saturated rings. The van der Waals surface area contributed by atoms with Crippen LogP contribution in [0.3, 0.4) is 0 Å². The molecule has 1 aliphatic heterocycles. The zero-order valence-electron chi connectivity index (χ0n) is 14.3. The molecule has 0 aliphatic carbocycles. The average molecular weight is 339 g/mol. The Kier molecular flexibility index (Phi) is 4.23. The number of nitrogens with one attached hydrogen (secondary N) is 2. The van der Waals surface area contributed by atoms with E-state index in [4.69, 9.17) is 9.47 Å². The van der Waals surface area contributed by atoms with Crippen LogP contribution in [-0.2, 0) is 11.2 Å². The highest BCUT2D eigenvalue weighted by atomic mass is 16.5. The van der Waals surface area contributed by atoms with E-state index in [1.54, 1.807) is 13.3 Å². The van der Waals surface area contributed by atoms with Crippen LogP contribution in [0.15, 0.2) is 30.5 Å². The van der Waals surface area contributed by atoms with Gasteiger partial charge in [-0.25, -0.2) is 4.98 Å². The number of pyridine rings is 1. The van der Waals surface area contributed by atoms with E-state index >= 15 is 0 Å². The Labute approximate surface area is 145 Å². The van der Waals surface area contributed by atoms with Gasteiger partial charge in [-0.05, 0) is 18.2 Å². The van der Waals surface area contributed by atoms with Gasteiger partial charge in [-0.3, -0.25) is 10.1 Å². The molecule has 2 N–H and O–H groups in total. The molecule has 1 aliphatic rings. The number of aryl methyl sites for hydroxylation is 1. The lowest BCUT2D eigenvalue weighted by atomic mass is 10.0. The van der Waals surface area contributed by atoms with E-state index in [2.05, 4.69) is 32.4 Å². The predicted octanol–water partition coefficient (Wildman–Crippen LogP) is 2.52. The molecule has 0 radical (unpaired) electrons. The van der Waals surface area contributed by atoms with E-state index in [-0.39, 0.29) is 12.0 Å². The normalized spacial score (nSPS) is 20.1. The molecule has 7 heteroatoms. The third-order valence-corrected chi connectivity index (χ3v) is 4.59. The second-order valence-corrected chi connectivity index (χ2v) is 6.13. The number of benzene rings is 1. The lowest BCUT2D eigenvalue weighted by molar-refractivity contribution is 0.191. The Hall–Kier alpha value is -2.67. The fraction of sp³-hybridized carbons (Fsp3) is 0.389. The summed E-state index contributed by atoms with van der Waals surface area (Å²) in [5.41, 5.74) is 1.92. The van der Waals surface area contributed by atoms with Crippen molar-refractivity contribution in [3.8, 4) is 5.75 Å². The van der Waals surface area contributed by atoms with Gasteiger partial charge < -0.3 is 14.8 Å². The van der Waals surface area contributed by atoms with E-state index in [0.29, 0.717) is 13.2 Å².